The minimum absolute atomic E-state index is 0.0388. The molecule has 1 heterocycles. The molecule has 0 bridgehead atoms. The van der Waals surface area contributed by atoms with E-state index in [-0.39, 0.29) is 45.2 Å². The maximum absolute atomic E-state index is 12.1. The van der Waals surface area contributed by atoms with Crippen LogP contribution in [0.3, 0.4) is 0 Å². The molecule has 1 fully saturated rings. The maximum atomic E-state index is 12.1. The molecule has 1 rings (SSSR count). The van der Waals surface area contributed by atoms with Gasteiger partial charge >= 0.3 is 23.9 Å². The first-order valence-electron chi connectivity index (χ1n) is 13.0. The Bertz CT molecular complexity index is 887. The van der Waals surface area contributed by atoms with Crippen LogP contribution >= 0.6 is 0 Å². The van der Waals surface area contributed by atoms with E-state index in [1.54, 1.807) is 0 Å². The molecule has 0 aromatic heterocycles. The molecule has 2 amide bonds. The zero-order chi connectivity index (χ0) is 29.0. The smallest absolute Gasteiger partial charge is 0.330 e. The van der Waals surface area contributed by atoms with Crippen LogP contribution in [-0.4, -0.2) is 85.5 Å². The van der Waals surface area contributed by atoms with Crippen LogP contribution in [0.2, 0.25) is 0 Å². The van der Waals surface area contributed by atoms with Gasteiger partial charge in [0.25, 0.3) is 0 Å². The highest BCUT2D eigenvalue weighted by Gasteiger charge is 2.40. The molecule has 0 aromatic rings. The predicted octanol–water partition coefficient (Wildman–Crippen LogP) is 1.12. The van der Waals surface area contributed by atoms with E-state index in [9.17, 15) is 33.6 Å². The zero-order valence-electron chi connectivity index (χ0n) is 22.4. The van der Waals surface area contributed by atoms with Crippen molar-refractivity contribution in [2.75, 3.05) is 33.0 Å². The summed E-state index contributed by atoms with van der Waals surface area (Å²) >= 11 is 0. The Labute approximate surface area is 227 Å². The molecule has 218 valence electrons. The summed E-state index contributed by atoms with van der Waals surface area (Å²) in [4.78, 5) is 82.2. The van der Waals surface area contributed by atoms with Gasteiger partial charge < -0.3 is 34.0 Å². The summed E-state index contributed by atoms with van der Waals surface area (Å²) in [6, 6.07) is 0. The lowest BCUT2D eigenvalue weighted by Gasteiger charge is -2.08. The Hall–Kier alpha value is -3.77. The third-order valence-corrected chi connectivity index (χ3v) is 5.34. The van der Waals surface area contributed by atoms with E-state index in [2.05, 4.69) is 16.6 Å². The molecular weight excluding hydrogens is 516 g/mol. The number of esters is 4. The van der Waals surface area contributed by atoms with E-state index >= 15 is 0 Å². The molecule has 1 aliphatic heterocycles. The molecule has 1 aliphatic rings. The van der Waals surface area contributed by atoms with Crippen molar-refractivity contribution in [1.82, 2.24) is 10.2 Å². The Morgan fingerprint density at radius 1 is 0.744 bits per heavy atom. The summed E-state index contributed by atoms with van der Waals surface area (Å²) in [6.45, 7) is 5.18. The van der Waals surface area contributed by atoms with E-state index in [1.165, 1.54) is 11.8 Å². The highest BCUT2D eigenvalue weighted by molar-refractivity contribution is 5.97. The molecule has 1 N–H and O–H groups in total. The van der Waals surface area contributed by atoms with Crippen molar-refractivity contribution in [3.05, 3.63) is 12.7 Å². The molecule has 0 aromatic carbocycles. The predicted molar refractivity (Wildman–Crippen MR) is 135 cm³/mol. The summed E-state index contributed by atoms with van der Waals surface area (Å²) in [7, 11) is 0. The van der Waals surface area contributed by atoms with Crippen LogP contribution in [0.4, 0.5) is 0 Å². The molecule has 0 radical (unpaired) electrons. The summed E-state index contributed by atoms with van der Waals surface area (Å²) in [5, 5.41) is 2.52. The Kier molecular flexibility index (Phi) is 16.5. The SMILES string of the molecule is C=CC(=O)OCCOC(=O)CCCCCOC(=O)CC(=O)N1CC1NC(=O)CC(=O)OCCCCCC(C)=O. The molecule has 1 saturated heterocycles. The fraction of sp³-hybridized carbons (Fsp3) is 0.654. The van der Waals surface area contributed by atoms with Gasteiger partial charge in [0.2, 0.25) is 11.8 Å². The zero-order valence-corrected chi connectivity index (χ0v) is 22.4. The molecule has 39 heavy (non-hydrogen) atoms. The van der Waals surface area contributed by atoms with E-state index in [0.717, 1.165) is 18.9 Å². The van der Waals surface area contributed by atoms with Crippen LogP contribution in [0.5, 0.6) is 0 Å². The number of ketones is 1. The van der Waals surface area contributed by atoms with Crippen LogP contribution in [0, 0.1) is 0 Å². The van der Waals surface area contributed by atoms with Crippen molar-refractivity contribution in [3.8, 4) is 0 Å². The number of nitrogens with one attached hydrogen (secondary N) is 1. The lowest BCUT2D eigenvalue weighted by Crippen LogP contribution is -2.33. The topological polar surface area (TPSA) is 171 Å². The number of rotatable bonds is 21. The van der Waals surface area contributed by atoms with Crippen molar-refractivity contribution >= 4 is 41.5 Å². The molecular formula is C26H38N2O11. The molecule has 0 spiro atoms. The highest BCUT2D eigenvalue weighted by Crippen LogP contribution is 2.16. The molecule has 1 atom stereocenters. The van der Waals surface area contributed by atoms with Crippen molar-refractivity contribution < 1.29 is 52.5 Å². The third kappa shape index (κ3) is 17.4. The molecule has 0 aliphatic carbocycles. The van der Waals surface area contributed by atoms with Crippen LogP contribution in [0.25, 0.3) is 0 Å². The maximum Gasteiger partial charge on any atom is 0.330 e. The first-order chi connectivity index (χ1) is 18.6. The number of carbonyl (C=O) groups excluding carboxylic acids is 7. The van der Waals surface area contributed by atoms with Gasteiger partial charge in [-0.15, -0.1) is 0 Å². The van der Waals surface area contributed by atoms with Gasteiger partial charge in [0.15, 0.2) is 0 Å². The average molecular weight is 555 g/mol. The van der Waals surface area contributed by atoms with Crippen LogP contribution in [0.1, 0.15) is 71.1 Å². The van der Waals surface area contributed by atoms with E-state index in [1.807, 2.05) is 0 Å². The number of carbonyl (C=O) groups is 7. The third-order valence-electron chi connectivity index (χ3n) is 5.34. The summed E-state index contributed by atoms with van der Waals surface area (Å²) in [5.74, 6) is -3.37. The Balaban J connectivity index is 2.04. The monoisotopic (exact) mass is 554 g/mol. The molecule has 0 saturated carbocycles. The first kappa shape index (κ1) is 33.3. The van der Waals surface area contributed by atoms with Crippen LogP contribution in [-0.2, 0) is 52.5 Å². The summed E-state index contributed by atoms with van der Waals surface area (Å²) in [5.41, 5.74) is 0. The van der Waals surface area contributed by atoms with E-state index in [0.29, 0.717) is 32.1 Å². The standard InChI is InChI=1S/C26H38N2O11/c1-3-23(32)38-14-15-39-24(33)11-7-5-9-13-37-26(35)17-22(31)28-18-20(28)27-21(30)16-25(34)36-12-8-4-6-10-19(2)29/h3,20H,1,4-18H2,2H3,(H,27,30). The van der Waals surface area contributed by atoms with Gasteiger partial charge in [-0.3, -0.25) is 24.0 Å². The van der Waals surface area contributed by atoms with Gasteiger partial charge in [-0.05, 0) is 45.4 Å². The largest absolute Gasteiger partial charge is 0.465 e. The number of amides is 2. The van der Waals surface area contributed by atoms with Crippen molar-refractivity contribution in [2.45, 2.75) is 77.3 Å². The summed E-state index contributed by atoms with van der Waals surface area (Å²) < 4.78 is 19.6. The highest BCUT2D eigenvalue weighted by atomic mass is 16.6. The van der Waals surface area contributed by atoms with Gasteiger partial charge in [0.1, 0.15) is 38.0 Å². The van der Waals surface area contributed by atoms with Gasteiger partial charge in [-0.25, -0.2) is 4.79 Å². The second kappa shape index (κ2) is 19.3. The normalized spacial score (nSPS) is 13.6. The van der Waals surface area contributed by atoms with E-state index in [4.69, 9.17) is 14.2 Å². The average Bonchev–Trinajstić information content (AvgIpc) is 3.64. The molecule has 13 nitrogen and oxygen atoms in total. The fourth-order valence-electron chi connectivity index (χ4n) is 3.24. The lowest BCUT2D eigenvalue weighted by molar-refractivity contribution is -0.150. The molecule has 13 heteroatoms. The minimum Gasteiger partial charge on any atom is -0.465 e. The van der Waals surface area contributed by atoms with Crippen LogP contribution in [0.15, 0.2) is 12.7 Å². The number of Topliss-reactive ketones (excluding diaryl/α,β-unsaturated/α-hetero) is 1. The summed E-state index contributed by atoms with van der Waals surface area (Å²) in [6.07, 6.45) is 3.85. The minimum atomic E-state index is -0.697. The lowest BCUT2D eigenvalue weighted by atomic mass is 10.1. The van der Waals surface area contributed by atoms with E-state index < -0.39 is 54.7 Å². The second-order valence-electron chi connectivity index (χ2n) is 8.84. The number of unbranched alkanes of at least 4 members (excludes halogenated alkanes) is 4. The number of nitrogens with zero attached hydrogens (tertiary/aromatic N) is 1. The van der Waals surface area contributed by atoms with Crippen LogP contribution < -0.4 is 5.32 Å². The van der Waals surface area contributed by atoms with Gasteiger partial charge in [-0.1, -0.05) is 6.58 Å². The van der Waals surface area contributed by atoms with Crippen molar-refractivity contribution in [3.63, 3.8) is 0 Å². The fourth-order valence-corrected chi connectivity index (χ4v) is 3.24. The second-order valence-corrected chi connectivity index (χ2v) is 8.84. The Morgan fingerprint density at radius 2 is 1.31 bits per heavy atom. The Morgan fingerprint density at radius 3 is 1.92 bits per heavy atom. The van der Waals surface area contributed by atoms with Crippen molar-refractivity contribution in [2.24, 2.45) is 0 Å². The van der Waals surface area contributed by atoms with Gasteiger partial charge in [0.05, 0.1) is 19.8 Å². The quantitative estimate of drug-likeness (QED) is 0.0538. The van der Waals surface area contributed by atoms with Gasteiger partial charge in [-0.2, -0.15) is 0 Å². The number of hydrogen-bond donors (Lipinski definition) is 1. The van der Waals surface area contributed by atoms with Crippen molar-refractivity contribution in [1.29, 1.82) is 0 Å². The number of hydrogen-bond acceptors (Lipinski definition) is 11. The van der Waals surface area contributed by atoms with Gasteiger partial charge in [0, 0.05) is 18.9 Å². The first-order valence-corrected chi connectivity index (χ1v) is 13.0. The number of ether oxygens (including phenoxy) is 4. The molecule has 1 unspecified atom stereocenters.